The van der Waals surface area contributed by atoms with Gasteiger partial charge in [0.2, 0.25) is 0 Å². The van der Waals surface area contributed by atoms with Crippen molar-refractivity contribution >= 4 is 0 Å². The van der Waals surface area contributed by atoms with Crippen LogP contribution < -0.4 is 0 Å². The first-order chi connectivity index (χ1) is 61.6. The van der Waals surface area contributed by atoms with Crippen molar-refractivity contribution in [3.05, 3.63) is 97.2 Å². The molecule has 0 aromatic heterocycles. The van der Waals surface area contributed by atoms with Crippen molar-refractivity contribution < 1.29 is 17.1 Å². The van der Waals surface area contributed by atoms with Crippen LogP contribution in [0.25, 0.3) is 0 Å². The highest BCUT2D eigenvalue weighted by molar-refractivity contribution is 5.03. The summed E-state index contributed by atoms with van der Waals surface area (Å²) in [6, 6.07) is 0. The van der Waals surface area contributed by atoms with E-state index in [0.717, 1.165) is 178 Å². The first-order valence-corrected chi connectivity index (χ1v) is 58.8. The molecule has 18 fully saturated rings. The molecule has 18 aliphatic rings. The molecule has 0 aliphatic heterocycles. The molecule has 0 aromatic rings. The largest absolute Gasteiger partial charge is 0.0914 e. The lowest BCUT2D eigenvalue weighted by atomic mass is 9.64. The summed E-state index contributed by atoms with van der Waals surface area (Å²) in [5, 5.41) is 0. The molecule has 0 unspecified atom stereocenters. The minimum atomic E-state index is 0. The SMILES string of the molecule is C/C=C/C1CCC(/C=C/C2CCC(C3CCC3)CC2)CC1.C/C=C/C1CCC(/C=C/C2CCC(C3CCCC3)CC2)CC1.C/C=C/C1CCC(C2CCC(C3CCC3)CC2)CC1.C/C=C/C1CCC(C2CCC(C3CCCC3)CC2)CC1.C/C=C/C1CCC(CCC2CCC(C3CCC3)CC2)CC1.C/C=C/C1CCC(CCC2CCC(C3CCCC3)CC2)CC1.[HH].[HH].[HH].[HH].[HH].[HH].[HH].[HH].[HH].[HH].[HH].[HH]. The van der Waals surface area contributed by atoms with Gasteiger partial charge < -0.3 is 0 Å². The molecule has 0 amide bonds. The minimum absolute atomic E-state index is 0. The molecule has 0 spiro atoms. The van der Waals surface area contributed by atoms with Gasteiger partial charge in [-0.1, -0.05) is 283 Å². The Labute approximate surface area is 797 Å². The quantitative estimate of drug-likeness (QED) is 0.0845. The average Bonchev–Trinajstić information content (AvgIpc) is 1.69. The number of hydrogen-bond donors (Lipinski definition) is 0. The highest BCUT2D eigenvalue weighted by atomic mass is 14.5. The average molecular weight is 1740 g/mol. The maximum Gasteiger partial charge on any atom is 0 e. The van der Waals surface area contributed by atoms with Crippen LogP contribution in [0.5, 0.6) is 0 Å². The van der Waals surface area contributed by atoms with Crippen molar-refractivity contribution in [3.63, 3.8) is 0 Å². The summed E-state index contributed by atoms with van der Waals surface area (Å²) in [6.07, 6.45) is 149. The Morgan fingerprint density at radius 2 is 0.224 bits per heavy atom. The molecule has 18 saturated carbocycles. The lowest BCUT2D eigenvalue weighted by Gasteiger charge is -2.41. The molecular weight excluding hydrogens is 1500 g/mol. The zero-order chi connectivity index (χ0) is 86.3. The van der Waals surface area contributed by atoms with Crippen molar-refractivity contribution in [1.82, 2.24) is 0 Å². The van der Waals surface area contributed by atoms with Gasteiger partial charge in [0.1, 0.15) is 0 Å². The Morgan fingerprint density at radius 1 is 0.120 bits per heavy atom. The topological polar surface area (TPSA) is 0 Å². The third-order valence-corrected chi connectivity index (χ3v) is 41.1. The van der Waals surface area contributed by atoms with E-state index in [0.29, 0.717) is 0 Å². The Balaban J connectivity index is 0.000000808. The second kappa shape index (κ2) is 57.0. The Morgan fingerprint density at radius 3 is 0.368 bits per heavy atom. The van der Waals surface area contributed by atoms with Gasteiger partial charge in [-0.3, -0.25) is 0 Å². The van der Waals surface area contributed by atoms with E-state index in [4.69, 9.17) is 0 Å². The van der Waals surface area contributed by atoms with Crippen LogP contribution in [0.2, 0.25) is 0 Å². The molecular formula is C125H234. The first-order valence-electron chi connectivity index (χ1n) is 58.8. The number of rotatable bonds is 24. The second-order valence-electron chi connectivity index (χ2n) is 48.8. The lowest BCUT2D eigenvalue weighted by molar-refractivity contribution is 0.102. The van der Waals surface area contributed by atoms with Gasteiger partial charge in [-0.15, -0.1) is 0 Å². The lowest BCUT2D eigenvalue weighted by Crippen LogP contribution is -2.30. The molecule has 0 heterocycles. The molecule has 0 atom stereocenters. The van der Waals surface area contributed by atoms with Crippen molar-refractivity contribution in [2.75, 3.05) is 0 Å². The number of hydrogen-bond acceptors (Lipinski definition) is 0. The molecule has 18 rings (SSSR count). The van der Waals surface area contributed by atoms with Crippen molar-refractivity contribution in [3.8, 4) is 0 Å². The molecule has 0 N–H and O–H groups in total. The van der Waals surface area contributed by atoms with Gasteiger partial charge in [0.15, 0.2) is 0 Å². The monoisotopic (exact) mass is 1740 g/mol. The molecule has 125 heavy (non-hydrogen) atoms. The van der Waals surface area contributed by atoms with E-state index in [1.165, 1.54) is 263 Å². The van der Waals surface area contributed by atoms with Crippen LogP contribution in [0.1, 0.15) is 527 Å². The van der Waals surface area contributed by atoms with Crippen LogP contribution in [0.15, 0.2) is 97.2 Å². The maximum absolute atomic E-state index is 2.62. The van der Waals surface area contributed by atoms with E-state index < -0.39 is 0 Å². The normalized spacial score (nSPS) is 39.2. The highest BCUT2D eigenvalue weighted by Crippen LogP contribution is 2.52. The van der Waals surface area contributed by atoms with Gasteiger partial charge >= 0.3 is 0 Å². The van der Waals surface area contributed by atoms with Gasteiger partial charge in [0, 0.05) is 17.1 Å². The molecule has 0 aromatic carbocycles. The first kappa shape index (κ1) is 100. The minimum Gasteiger partial charge on any atom is -0.0914 e. The van der Waals surface area contributed by atoms with E-state index in [1.54, 1.807) is 205 Å². The summed E-state index contributed by atoms with van der Waals surface area (Å²) < 4.78 is 0. The Kier molecular flexibility index (Phi) is 45.7. The summed E-state index contributed by atoms with van der Waals surface area (Å²) in [5.41, 5.74) is 0. The fraction of sp³-hybridized carbons (Fsp3) is 0.872. The molecule has 0 bridgehead atoms. The van der Waals surface area contributed by atoms with E-state index >= 15 is 0 Å². The van der Waals surface area contributed by atoms with Crippen LogP contribution >= 0.6 is 0 Å². The molecule has 0 saturated heterocycles. The maximum atomic E-state index is 2.62. The summed E-state index contributed by atoms with van der Waals surface area (Å²) >= 11 is 0. The third-order valence-electron chi connectivity index (χ3n) is 41.1. The van der Waals surface area contributed by atoms with E-state index in [-0.39, 0.29) is 17.1 Å². The summed E-state index contributed by atoms with van der Waals surface area (Å²) in [7, 11) is 0. The van der Waals surface area contributed by atoms with Crippen molar-refractivity contribution in [2.24, 2.45) is 178 Å². The third kappa shape index (κ3) is 34.0. The van der Waals surface area contributed by atoms with E-state index in [1.807, 2.05) is 0 Å². The Hall–Kier alpha value is -2.08. The fourth-order valence-corrected chi connectivity index (χ4v) is 31.9. The summed E-state index contributed by atoms with van der Waals surface area (Å²) in [6.45, 7) is 13.0. The van der Waals surface area contributed by atoms with Gasteiger partial charge in [0.05, 0.1) is 0 Å². The standard InChI is InChI=1S/C22H38.C22H36.C21H36.C21H34.C20H34.C19H32.12H2/c2*1-2-5-18-8-10-19(11-9-18)12-13-20-14-16-22(17-15-20)21-6-3-4-7-21;2*1-2-4-17-7-9-18(10-8-17)11-12-19-13-15-21(16-14-19)20-5-3-6-20;1-2-5-16-8-10-18(11-9-16)20-14-12-19(13-15-20)17-6-3-4-7-17;1-2-4-15-7-9-17(10-8-15)19-13-11-18(12-14-19)16-5-3-6-16;;;;;;;;;;;;/h2,5,18-22H,3-4,6-17H2,1H3;2,5,12-13,18-22H,3-4,6-11,14-17H2,1H3;2,4,17-21H,3,5-16H2,1H3;2,4,11-12,17-21H,3,5-10,13-16H2,1H3;2,5,16-20H,3-4,6-15H2,1H3;2,4,15-19H,3,5-14H2,1H3;12*1H/b5-2+;5-2+,13-12+;4-2+;4-2+,12-11+;5-2+;4-2+;;;;;;;;;;;;. The van der Waals surface area contributed by atoms with Gasteiger partial charge in [0.25, 0.3) is 0 Å². The van der Waals surface area contributed by atoms with Crippen LogP contribution in [0.3, 0.4) is 0 Å². The molecule has 734 valence electrons. The molecule has 18 aliphatic carbocycles. The predicted octanol–water partition coefficient (Wildman–Crippen LogP) is 42.6. The second-order valence-corrected chi connectivity index (χ2v) is 48.8. The van der Waals surface area contributed by atoms with E-state index in [2.05, 4.69) is 139 Å². The predicted molar refractivity (Wildman–Crippen MR) is 574 cm³/mol. The van der Waals surface area contributed by atoms with Crippen molar-refractivity contribution in [2.45, 2.75) is 510 Å². The van der Waals surface area contributed by atoms with Gasteiger partial charge in [-0.25, -0.2) is 0 Å². The molecule has 0 nitrogen and oxygen atoms in total. The zero-order valence-corrected chi connectivity index (χ0v) is 84.2. The van der Waals surface area contributed by atoms with Crippen LogP contribution in [-0.2, 0) is 0 Å². The Bertz CT molecular complexity index is 3010. The fourth-order valence-electron chi connectivity index (χ4n) is 31.9. The van der Waals surface area contributed by atoms with Gasteiger partial charge in [-0.05, 0) is 502 Å². The summed E-state index contributed by atoms with van der Waals surface area (Å²) in [5.74, 6) is 31.1. The van der Waals surface area contributed by atoms with Crippen LogP contribution in [-0.4, -0.2) is 0 Å². The smallest absolute Gasteiger partial charge is 0 e. The molecule has 0 radical (unpaired) electrons. The highest BCUT2D eigenvalue weighted by Gasteiger charge is 2.40. The summed E-state index contributed by atoms with van der Waals surface area (Å²) in [4.78, 5) is 0. The molecule has 0 heteroatoms. The number of allylic oxidation sites excluding steroid dienone is 16. The zero-order valence-electron chi connectivity index (χ0n) is 84.2. The van der Waals surface area contributed by atoms with Crippen molar-refractivity contribution in [1.29, 1.82) is 0 Å². The van der Waals surface area contributed by atoms with Crippen LogP contribution in [0.4, 0.5) is 0 Å². The van der Waals surface area contributed by atoms with E-state index in [9.17, 15) is 0 Å². The van der Waals surface area contributed by atoms with Gasteiger partial charge in [-0.2, -0.15) is 0 Å². The van der Waals surface area contributed by atoms with Crippen LogP contribution in [0, 0.1) is 178 Å².